The zero-order valence-corrected chi connectivity index (χ0v) is 14.0. The zero-order valence-electron chi connectivity index (χ0n) is 14.0. The lowest BCUT2D eigenvalue weighted by molar-refractivity contribution is -0.137. The van der Waals surface area contributed by atoms with Gasteiger partial charge >= 0.3 is 5.97 Å². The van der Waals surface area contributed by atoms with Crippen LogP contribution in [0.3, 0.4) is 0 Å². The lowest BCUT2D eigenvalue weighted by Gasteiger charge is -2.34. The van der Waals surface area contributed by atoms with Crippen LogP contribution in [-0.4, -0.2) is 62.4 Å². The molecule has 0 bridgehead atoms. The molecule has 1 amide bonds. The van der Waals surface area contributed by atoms with Crippen LogP contribution < -0.4 is 0 Å². The van der Waals surface area contributed by atoms with E-state index in [9.17, 15) is 14.0 Å². The molecule has 0 spiro atoms. The van der Waals surface area contributed by atoms with Crippen LogP contribution in [0.1, 0.15) is 29.6 Å². The van der Waals surface area contributed by atoms with Gasteiger partial charge in [0.2, 0.25) is 0 Å². The van der Waals surface area contributed by atoms with Gasteiger partial charge in [-0.05, 0) is 31.0 Å². The first kappa shape index (κ1) is 18.0. The zero-order chi connectivity index (χ0) is 18.5. The van der Waals surface area contributed by atoms with Crippen molar-refractivity contribution in [1.29, 1.82) is 0 Å². The Morgan fingerprint density at radius 3 is 2.73 bits per heavy atom. The molecule has 1 aliphatic rings. The SMILES string of the molecule is O=C(O)CCN(C(=O)c1ccc(-n2cncn2)c(F)c1)C1CCOCC1. The molecule has 1 fully saturated rings. The van der Waals surface area contributed by atoms with Gasteiger partial charge in [0.05, 0.1) is 6.42 Å². The molecule has 0 aliphatic carbocycles. The van der Waals surface area contributed by atoms with Crippen LogP contribution in [0.15, 0.2) is 30.9 Å². The standard InChI is InChI=1S/C17H19FN4O4/c18-14-9-12(1-2-15(14)22-11-19-10-20-22)17(25)21(6-3-16(23)24)13-4-7-26-8-5-13/h1-2,9-11,13H,3-8H2,(H,23,24). The van der Waals surface area contributed by atoms with Crippen molar-refractivity contribution in [2.45, 2.75) is 25.3 Å². The Bertz CT molecular complexity index is 775. The van der Waals surface area contributed by atoms with Crippen molar-refractivity contribution in [1.82, 2.24) is 19.7 Å². The van der Waals surface area contributed by atoms with Crippen molar-refractivity contribution in [3.8, 4) is 5.69 Å². The Kier molecular flexibility index (Phi) is 5.57. The number of aromatic nitrogens is 3. The summed E-state index contributed by atoms with van der Waals surface area (Å²) in [5.74, 6) is -1.98. The molecule has 2 heterocycles. The summed E-state index contributed by atoms with van der Waals surface area (Å²) >= 11 is 0. The first-order valence-electron chi connectivity index (χ1n) is 8.31. The van der Waals surface area contributed by atoms with Crippen LogP contribution in [0.4, 0.5) is 4.39 Å². The minimum atomic E-state index is -0.984. The van der Waals surface area contributed by atoms with Gasteiger partial charge in [0.1, 0.15) is 24.2 Å². The van der Waals surface area contributed by atoms with E-state index in [-0.39, 0.29) is 36.2 Å². The van der Waals surface area contributed by atoms with E-state index >= 15 is 0 Å². The van der Waals surface area contributed by atoms with Crippen molar-refractivity contribution in [3.05, 3.63) is 42.2 Å². The molecule has 0 radical (unpaired) electrons. The maximum absolute atomic E-state index is 14.4. The molecule has 1 aliphatic heterocycles. The molecule has 2 aromatic rings. The minimum Gasteiger partial charge on any atom is -0.481 e. The van der Waals surface area contributed by atoms with Gasteiger partial charge < -0.3 is 14.7 Å². The third-order valence-electron chi connectivity index (χ3n) is 4.32. The highest BCUT2D eigenvalue weighted by molar-refractivity contribution is 5.95. The van der Waals surface area contributed by atoms with Gasteiger partial charge in [0.15, 0.2) is 0 Å². The van der Waals surface area contributed by atoms with Gasteiger partial charge in [0.25, 0.3) is 5.91 Å². The van der Waals surface area contributed by atoms with Gasteiger partial charge in [-0.3, -0.25) is 9.59 Å². The maximum atomic E-state index is 14.4. The van der Waals surface area contributed by atoms with Gasteiger partial charge in [-0.15, -0.1) is 0 Å². The average Bonchev–Trinajstić information content (AvgIpc) is 3.16. The lowest BCUT2D eigenvalue weighted by Crippen LogP contribution is -2.44. The van der Waals surface area contributed by atoms with Crippen LogP contribution in [0, 0.1) is 5.82 Å². The molecule has 1 aromatic carbocycles. The van der Waals surface area contributed by atoms with Gasteiger partial charge in [-0.1, -0.05) is 0 Å². The summed E-state index contributed by atoms with van der Waals surface area (Å²) in [5, 5.41) is 12.8. The number of hydrogen-bond acceptors (Lipinski definition) is 5. The largest absolute Gasteiger partial charge is 0.481 e. The summed E-state index contributed by atoms with van der Waals surface area (Å²) in [7, 11) is 0. The quantitative estimate of drug-likeness (QED) is 0.836. The number of nitrogens with zero attached hydrogens (tertiary/aromatic N) is 4. The van der Waals surface area contributed by atoms with Crippen LogP contribution in [0.25, 0.3) is 5.69 Å². The number of carboxylic acids is 1. The number of amides is 1. The number of carbonyl (C=O) groups is 2. The molecule has 3 rings (SSSR count). The summed E-state index contributed by atoms with van der Waals surface area (Å²) in [5.41, 5.74) is 0.352. The molecular formula is C17H19FN4O4. The number of carbonyl (C=O) groups excluding carboxylic acids is 1. The molecule has 1 aromatic heterocycles. The Hall–Kier alpha value is -2.81. The topological polar surface area (TPSA) is 97.6 Å². The number of hydrogen-bond donors (Lipinski definition) is 1. The highest BCUT2D eigenvalue weighted by Crippen LogP contribution is 2.20. The molecule has 138 valence electrons. The molecule has 0 atom stereocenters. The fourth-order valence-corrected chi connectivity index (χ4v) is 2.99. The molecule has 1 N–H and O–H groups in total. The van der Waals surface area contributed by atoms with E-state index < -0.39 is 11.8 Å². The lowest BCUT2D eigenvalue weighted by atomic mass is 10.0. The summed E-state index contributed by atoms with van der Waals surface area (Å²) in [4.78, 5) is 29.1. The van der Waals surface area contributed by atoms with Crippen molar-refractivity contribution in [2.24, 2.45) is 0 Å². The third kappa shape index (κ3) is 4.05. The molecule has 26 heavy (non-hydrogen) atoms. The third-order valence-corrected chi connectivity index (χ3v) is 4.32. The number of ether oxygens (including phenoxy) is 1. The van der Waals surface area contributed by atoms with Crippen LogP contribution in [0.5, 0.6) is 0 Å². The second kappa shape index (κ2) is 8.05. The maximum Gasteiger partial charge on any atom is 0.305 e. The van der Waals surface area contributed by atoms with E-state index in [1.54, 1.807) is 0 Å². The second-order valence-electron chi connectivity index (χ2n) is 5.99. The number of rotatable bonds is 6. The van der Waals surface area contributed by atoms with E-state index in [0.717, 1.165) is 6.07 Å². The molecule has 0 saturated carbocycles. The van der Waals surface area contributed by atoms with E-state index in [4.69, 9.17) is 9.84 Å². The van der Waals surface area contributed by atoms with Crippen molar-refractivity contribution in [3.63, 3.8) is 0 Å². The van der Waals surface area contributed by atoms with Gasteiger partial charge in [-0.2, -0.15) is 5.10 Å². The molecule has 1 saturated heterocycles. The molecule has 9 heteroatoms. The molecule has 0 unspecified atom stereocenters. The summed E-state index contributed by atoms with van der Waals surface area (Å²) in [6.45, 7) is 1.10. The van der Waals surface area contributed by atoms with Gasteiger partial charge in [-0.25, -0.2) is 14.1 Å². The Labute approximate surface area is 149 Å². The number of aliphatic carboxylic acids is 1. The van der Waals surface area contributed by atoms with Gasteiger partial charge in [0, 0.05) is 31.4 Å². The average molecular weight is 362 g/mol. The van der Waals surface area contributed by atoms with Crippen molar-refractivity contribution in [2.75, 3.05) is 19.8 Å². The summed E-state index contributed by atoms with van der Waals surface area (Å²) < 4.78 is 21.0. The second-order valence-corrected chi connectivity index (χ2v) is 5.99. The van der Waals surface area contributed by atoms with Crippen LogP contribution in [0.2, 0.25) is 0 Å². The summed E-state index contributed by atoms with van der Waals surface area (Å²) in [6, 6.07) is 3.99. The summed E-state index contributed by atoms with van der Waals surface area (Å²) in [6.07, 6.45) is 3.75. The highest BCUT2D eigenvalue weighted by atomic mass is 19.1. The number of halogens is 1. The molecular weight excluding hydrogens is 343 g/mol. The normalized spacial score (nSPS) is 15.0. The monoisotopic (exact) mass is 362 g/mol. The first-order valence-corrected chi connectivity index (χ1v) is 8.31. The van der Waals surface area contributed by atoms with E-state index in [2.05, 4.69) is 10.1 Å². The number of carboxylic acid groups (broad SMARTS) is 1. The Morgan fingerprint density at radius 1 is 1.35 bits per heavy atom. The van der Waals surface area contributed by atoms with E-state index in [1.807, 2.05) is 0 Å². The Morgan fingerprint density at radius 2 is 2.12 bits per heavy atom. The number of benzene rings is 1. The van der Waals surface area contributed by atoms with Crippen molar-refractivity contribution < 1.29 is 23.8 Å². The Balaban J connectivity index is 1.83. The predicted molar refractivity (Wildman–Crippen MR) is 88.4 cm³/mol. The fraction of sp³-hybridized carbons (Fsp3) is 0.412. The predicted octanol–water partition coefficient (Wildman–Crippen LogP) is 1.50. The van der Waals surface area contributed by atoms with Crippen LogP contribution >= 0.6 is 0 Å². The van der Waals surface area contributed by atoms with Crippen LogP contribution in [-0.2, 0) is 9.53 Å². The first-order chi connectivity index (χ1) is 12.6. The molecule has 8 nitrogen and oxygen atoms in total. The van der Waals surface area contributed by atoms with E-state index in [0.29, 0.717) is 26.1 Å². The smallest absolute Gasteiger partial charge is 0.305 e. The highest BCUT2D eigenvalue weighted by Gasteiger charge is 2.27. The van der Waals surface area contributed by atoms with Crippen molar-refractivity contribution >= 4 is 11.9 Å². The fourth-order valence-electron chi connectivity index (χ4n) is 2.99. The van der Waals surface area contributed by atoms with E-state index in [1.165, 1.54) is 34.4 Å². The minimum absolute atomic E-state index is 0.0747.